The van der Waals surface area contributed by atoms with E-state index in [1.165, 1.54) is 5.56 Å². The van der Waals surface area contributed by atoms with Gasteiger partial charge in [-0.15, -0.1) is 0 Å². The van der Waals surface area contributed by atoms with E-state index in [4.69, 9.17) is 0 Å². The minimum Gasteiger partial charge on any atom is -0.379 e. The van der Waals surface area contributed by atoms with Gasteiger partial charge in [0.05, 0.1) is 5.69 Å². The third-order valence-corrected chi connectivity index (χ3v) is 1.72. The van der Waals surface area contributed by atoms with E-state index in [9.17, 15) is 0 Å². The highest BCUT2D eigenvalue weighted by Crippen LogP contribution is 2.14. The maximum Gasteiger partial charge on any atom is 0.0533 e. The minimum absolute atomic E-state index is 0.105. The number of rotatable bonds is 2. The van der Waals surface area contributed by atoms with E-state index in [1.54, 1.807) is 0 Å². The molecule has 0 fully saturated rings. The smallest absolute Gasteiger partial charge is 0.0533 e. The van der Waals surface area contributed by atoms with Gasteiger partial charge in [0.25, 0.3) is 0 Å². The molecule has 1 aromatic rings. The average molecular weight is 178 g/mol. The Morgan fingerprint density at radius 2 is 2.00 bits per heavy atom. The van der Waals surface area contributed by atoms with Gasteiger partial charge in [-0.1, -0.05) is 6.92 Å². The van der Waals surface area contributed by atoms with Crippen molar-refractivity contribution in [3.05, 3.63) is 24.0 Å². The molecule has 0 atom stereocenters. The Balaban J connectivity index is 2.78. The Morgan fingerprint density at radius 1 is 1.31 bits per heavy atom. The number of aromatic nitrogens is 1. The largest absolute Gasteiger partial charge is 0.379 e. The highest BCUT2D eigenvalue weighted by molar-refractivity contribution is 5.44. The first kappa shape index (κ1) is 10.0. The summed E-state index contributed by atoms with van der Waals surface area (Å²) in [6, 6.07) is 2.15. The van der Waals surface area contributed by atoms with E-state index < -0.39 is 0 Å². The summed E-state index contributed by atoms with van der Waals surface area (Å²) in [5, 5.41) is 3.39. The molecule has 0 unspecified atom stereocenters. The fraction of sp³-hybridized carbons (Fsp3) is 0.545. The Hall–Kier alpha value is -1.05. The second kappa shape index (κ2) is 3.77. The zero-order valence-corrected chi connectivity index (χ0v) is 8.89. The zero-order valence-electron chi connectivity index (χ0n) is 8.89. The van der Waals surface area contributed by atoms with Crippen LogP contribution in [0.1, 0.15) is 33.3 Å². The lowest BCUT2D eigenvalue weighted by Crippen LogP contribution is -2.26. The Bertz CT molecular complexity index is 274. The topological polar surface area (TPSA) is 24.9 Å². The summed E-state index contributed by atoms with van der Waals surface area (Å²) in [5.74, 6) is 0. The summed E-state index contributed by atoms with van der Waals surface area (Å²) in [6.45, 7) is 8.57. The van der Waals surface area contributed by atoms with Crippen LogP contribution in [0, 0.1) is 0 Å². The van der Waals surface area contributed by atoms with Crippen molar-refractivity contribution in [3.63, 3.8) is 0 Å². The molecule has 0 amide bonds. The van der Waals surface area contributed by atoms with Crippen LogP contribution in [0.25, 0.3) is 0 Å². The van der Waals surface area contributed by atoms with Crippen LogP contribution >= 0.6 is 0 Å². The standard InChI is InChI=1S/C11H18N2/c1-5-9-6-10(8-12-7-9)13-11(2,3)4/h6-8,13H,5H2,1-4H3. The normalized spacial score (nSPS) is 11.4. The number of nitrogens with zero attached hydrogens (tertiary/aromatic N) is 1. The number of nitrogens with one attached hydrogen (secondary N) is 1. The van der Waals surface area contributed by atoms with Gasteiger partial charge in [-0.3, -0.25) is 4.98 Å². The summed E-state index contributed by atoms with van der Waals surface area (Å²) in [4.78, 5) is 4.18. The van der Waals surface area contributed by atoms with Crippen LogP contribution in [0.2, 0.25) is 0 Å². The van der Waals surface area contributed by atoms with E-state index in [0.29, 0.717) is 0 Å². The second-order valence-electron chi connectivity index (χ2n) is 4.31. The molecule has 0 aliphatic carbocycles. The van der Waals surface area contributed by atoms with Crippen molar-refractivity contribution in [1.29, 1.82) is 0 Å². The lowest BCUT2D eigenvalue weighted by atomic mass is 10.1. The molecular weight excluding hydrogens is 160 g/mol. The monoisotopic (exact) mass is 178 g/mol. The Morgan fingerprint density at radius 3 is 2.54 bits per heavy atom. The van der Waals surface area contributed by atoms with E-state index in [-0.39, 0.29) is 5.54 Å². The van der Waals surface area contributed by atoms with Gasteiger partial charge >= 0.3 is 0 Å². The summed E-state index contributed by atoms with van der Waals surface area (Å²) in [5.41, 5.74) is 2.48. The summed E-state index contributed by atoms with van der Waals surface area (Å²) in [6.07, 6.45) is 4.81. The molecule has 1 heterocycles. The molecule has 0 aromatic carbocycles. The van der Waals surface area contributed by atoms with E-state index in [0.717, 1.165) is 12.1 Å². The zero-order chi connectivity index (χ0) is 9.90. The predicted molar refractivity (Wildman–Crippen MR) is 57.0 cm³/mol. The third-order valence-electron chi connectivity index (χ3n) is 1.72. The Labute approximate surface area is 80.4 Å². The van der Waals surface area contributed by atoms with Gasteiger partial charge in [0, 0.05) is 17.9 Å². The van der Waals surface area contributed by atoms with Gasteiger partial charge in [0.15, 0.2) is 0 Å². The van der Waals surface area contributed by atoms with Crippen molar-refractivity contribution in [2.24, 2.45) is 0 Å². The molecule has 0 aliphatic rings. The number of pyridine rings is 1. The van der Waals surface area contributed by atoms with Gasteiger partial charge in [0.2, 0.25) is 0 Å². The molecular formula is C11H18N2. The molecule has 1 aromatic heterocycles. The minimum atomic E-state index is 0.105. The van der Waals surface area contributed by atoms with Gasteiger partial charge in [-0.05, 0) is 38.8 Å². The van der Waals surface area contributed by atoms with Crippen molar-refractivity contribution in [2.75, 3.05) is 5.32 Å². The van der Waals surface area contributed by atoms with Gasteiger partial charge in [0.1, 0.15) is 0 Å². The van der Waals surface area contributed by atoms with Crippen molar-refractivity contribution in [1.82, 2.24) is 4.98 Å². The van der Waals surface area contributed by atoms with Crippen LogP contribution in [0.4, 0.5) is 5.69 Å². The van der Waals surface area contributed by atoms with Gasteiger partial charge < -0.3 is 5.32 Å². The lowest BCUT2D eigenvalue weighted by molar-refractivity contribution is 0.633. The molecule has 0 aliphatic heterocycles. The summed E-state index contributed by atoms with van der Waals surface area (Å²) in [7, 11) is 0. The molecule has 0 saturated heterocycles. The molecule has 0 saturated carbocycles. The predicted octanol–water partition coefficient (Wildman–Crippen LogP) is 2.85. The first-order valence-electron chi connectivity index (χ1n) is 4.73. The van der Waals surface area contributed by atoms with Crippen LogP contribution in [-0.2, 0) is 6.42 Å². The van der Waals surface area contributed by atoms with Crippen LogP contribution in [0.5, 0.6) is 0 Å². The van der Waals surface area contributed by atoms with Crippen LogP contribution in [0.15, 0.2) is 18.5 Å². The fourth-order valence-electron chi connectivity index (χ4n) is 1.18. The van der Waals surface area contributed by atoms with Crippen LogP contribution in [-0.4, -0.2) is 10.5 Å². The molecule has 0 radical (unpaired) electrons. The first-order chi connectivity index (χ1) is 6.01. The van der Waals surface area contributed by atoms with Crippen LogP contribution < -0.4 is 5.32 Å². The highest BCUT2D eigenvalue weighted by atomic mass is 15.0. The molecule has 2 heteroatoms. The SMILES string of the molecule is CCc1cncc(NC(C)(C)C)c1. The summed E-state index contributed by atoms with van der Waals surface area (Å²) >= 11 is 0. The summed E-state index contributed by atoms with van der Waals surface area (Å²) < 4.78 is 0. The average Bonchev–Trinajstić information content (AvgIpc) is 2.01. The molecule has 13 heavy (non-hydrogen) atoms. The lowest BCUT2D eigenvalue weighted by Gasteiger charge is -2.22. The first-order valence-corrected chi connectivity index (χ1v) is 4.73. The number of aryl methyl sites for hydroxylation is 1. The number of anilines is 1. The van der Waals surface area contributed by atoms with Crippen LogP contribution in [0.3, 0.4) is 0 Å². The van der Waals surface area contributed by atoms with Gasteiger partial charge in [-0.25, -0.2) is 0 Å². The maximum atomic E-state index is 4.18. The molecule has 1 rings (SSSR count). The van der Waals surface area contributed by atoms with Crippen molar-refractivity contribution >= 4 is 5.69 Å². The molecule has 2 nitrogen and oxygen atoms in total. The van der Waals surface area contributed by atoms with Gasteiger partial charge in [-0.2, -0.15) is 0 Å². The Kier molecular flexibility index (Phi) is 2.91. The van der Waals surface area contributed by atoms with E-state index >= 15 is 0 Å². The van der Waals surface area contributed by atoms with Crippen molar-refractivity contribution < 1.29 is 0 Å². The third kappa shape index (κ3) is 3.45. The molecule has 0 bridgehead atoms. The quantitative estimate of drug-likeness (QED) is 0.753. The maximum absolute atomic E-state index is 4.18. The van der Waals surface area contributed by atoms with E-state index in [2.05, 4.69) is 44.1 Å². The second-order valence-corrected chi connectivity index (χ2v) is 4.31. The van der Waals surface area contributed by atoms with Crippen molar-refractivity contribution in [2.45, 2.75) is 39.7 Å². The number of hydrogen-bond donors (Lipinski definition) is 1. The molecule has 1 N–H and O–H groups in total. The fourth-order valence-corrected chi connectivity index (χ4v) is 1.18. The molecule has 0 spiro atoms. The number of hydrogen-bond acceptors (Lipinski definition) is 2. The van der Waals surface area contributed by atoms with Crippen molar-refractivity contribution in [3.8, 4) is 0 Å². The molecule has 72 valence electrons. The van der Waals surface area contributed by atoms with E-state index in [1.807, 2.05) is 12.4 Å². The highest BCUT2D eigenvalue weighted by Gasteiger charge is 2.08.